The first-order valence-electron chi connectivity index (χ1n) is 9.41. The number of aliphatic hydroxyl groups is 1. The van der Waals surface area contributed by atoms with Gasteiger partial charge in [0, 0.05) is 17.0 Å². The molecular weight excluding hydrogens is 430 g/mol. The highest BCUT2D eigenvalue weighted by atomic mass is 19.3. The molecule has 2 N–H and O–H groups in total. The SMILES string of the molecule is COc1cccc(-c2cc(C(=O)N3NC(C(F)F)=CC3(O)C(F)F)c3ccccc3n2)c1. The van der Waals surface area contributed by atoms with Crippen molar-refractivity contribution in [2.45, 2.75) is 18.6 Å². The number of amides is 1. The third-order valence-corrected chi connectivity index (χ3v) is 5.04. The molecular formula is C22H17F4N3O3. The van der Waals surface area contributed by atoms with E-state index in [1.165, 1.54) is 13.2 Å². The van der Waals surface area contributed by atoms with Gasteiger partial charge in [0.1, 0.15) is 5.75 Å². The number of para-hydroxylation sites is 1. The molecule has 0 fully saturated rings. The van der Waals surface area contributed by atoms with E-state index in [-0.39, 0.29) is 16.6 Å². The Morgan fingerprint density at radius 2 is 1.88 bits per heavy atom. The van der Waals surface area contributed by atoms with Crippen LogP contribution in [0.2, 0.25) is 0 Å². The number of carbonyl (C=O) groups excluding carboxylic acids is 1. The number of carbonyl (C=O) groups is 1. The molecule has 0 spiro atoms. The maximum Gasteiger partial charge on any atom is 0.291 e. The summed E-state index contributed by atoms with van der Waals surface area (Å²) in [6.45, 7) is 0. The Morgan fingerprint density at radius 1 is 1.12 bits per heavy atom. The summed E-state index contributed by atoms with van der Waals surface area (Å²) in [7, 11) is 1.49. The summed E-state index contributed by atoms with van der Waals surface area (Å²) in [5, 5.41) is 10.8. The minimum atomic E-state index is -3.54. The lowest BCUT2D eigenvalue weighted by Gasteiger charge is -2.32. The van der Waals surface area contributed by atoms with Crippen LogP contribution < -0.4 is 10.2 Å². The predicted octanol–water partition coefficient (Wildman–Crippen LogP) is 3.97. The number of hydrogen-bond donors (Lipinski definition) is 2. The summed E-state index contributed by atoms with van der Waals surface area (Å²) in [6, 6.07) is 14.6. The van der Waals surface area contributed by atoms with Gasteiger partial charge in [-0.3, -0.25) is 10.2 Å². The van der Waals surface area contributed by atoms with Crippen LogP contribution in [0.15, 0.2) is 66.4 Å². The molecule has 0 saturated carbocycles. The number of rotatable bonds is 5. The number of hydrazine groups is 1. The average Bonchev–Trinajstić information content (AvgIpc) is 3.17. The number of alkyl halides is 4. The highest BCUT2D eigenvalue weighted by Crippen LogP contribution is 2.34. The zero-order valence-electron chi connectivity index (χ0n) is 16.6. The van der Waals surface area contributed by atoms with Crippen molar-refractivity contribution in [3.05, 3.63) is 71.9 Å². The first kappa shape index (κ1) is 21.6. The molecule has 1 amide bonds. The van der Waals surface area contributed by atoms with Gasteiger partial charge in [-0.25, -0.2) is 27.6 Å². The molecule has 0 bridgehead atoms. The van der Waals surface area contributed by atoms with E-state index in [4.69, 9.17) is 4.74 Å². The van der Waals surface area contributed by atoms with E-state index < -0.39 is 30.2 Å². The summed E-state index contributed by atoms with van der Waals surface area (Å²) < 4.78 is 58.8. The summed E-state index contributed by atoms with van der Waals surface area (Å²) in [5.74, 6) is -0.591. The van der Waals surface area contributed by atoms with Gasteiger partial charge in [-0.05, 0) is 24.3 Å². The number of nitrogens with one attached hydrogen (secondary N) is 1. The first-order chi connectivity index (χ1) is 15.2. The minimum absolute atomic E-state index is 0.107. The Hall–Kier alpha value is -3.66. The number of pyridine rings is 1. The van der Waals surface area contributed by atoms with Crippen LogP contribution in [0, 0.1) is 0 Å². The van der Waals surface area contributed by atoms with Crippen molar-refractivity contribution < 1.29 is 32.2 Å². The largest absolute Gasteiger partial charge is 0.497 e. The third kappa shape index (κ3) is 3.62. The van der Waals surface area contributed by atoms with Crippen molar-refractivity contribution >= 4 is 16.8 Å². The quantitative estimate of drug-likeness (QED) is 0.579. The standard InChI is InChI=1S/C22H17F4N3O3/c1-32-13-6-4-5-12(9-13)17-10-15(14-7-2-3-8-16(14)27-17)20(30)29-22(31,21(25)26)11-18(28-29)19(23)24/h2-11,19,21,28,31H,1H3. The lowest BCUT2D eigenvalue weighted by Crippen LogP contribution is -2.56. The lowest BCUT2D eigenvalue weighted by atomic mass is 10.0. The molecule has 2 heterocycles. The molecule has 10 heteroatoms. The van der Waals surface area contributed by atoms with Crippen LogP contribution in [0.1, 0.15) is 10.4 Å². The number of benzene rings is 2. The van der Waals surface area contributed by atoms with E-state index in [9.17, 15) is 27.5 Å². The number of aromatic nitrogens is 1. The zero-order valence-corrected chi connectivity index (χ0v) is 16.6. The molecule has 166 valence electrons. The molecule has 4 rings (SSSR count). The molecule has 1 unspecified atom stereocenters. The van der Waals surface area contributed by atoms with Gasteiger partial charge in [0.2, 0.25) is 5.72 Å². The van der Waals surface area contributed by atoms with Crippen molar-refractivity contribution in [1.29, 1.82) is 0 Å². The predicted molar refractivity (Wildman–Crippen MR) is 108 cm³/mol. The Morgan fingerprint density at radius 3 is 2.56 bits per heavy atom. The summed E-state index contributed by atoms with van der Waals surface area (Å²) >= 11 is 0. The van der Waals surface area contributed by atoms with Gasteiger partial charge in [0.25, 0.3) is 18.8 Å². The fourth-order valence-corrected chi connectivity index (χ4v) is 3.43. The van der Waals surface area contributed by atoms with Gasteiger partial charge in [-0.15, -0.1) is 0 Å². The Balaban J connectivity index is 1.85. The number of methoxy groups -OCH3 is 1. The van der Waals surface area contributed by atoms with Crippen LogP contribution in [-0.2, 0) is 0 Å². The van der Waals surface area contributed by atoms with Crippen LogP contribution in [0.25, 0.3) is 22.2 Å². The van der Waals surface area contributed by atoms with Crippen LogP contribution in [0.3, 0.4) is 0 Å². The fraction of sp³-hybridized carbons (Fsp3) is 0.182. The molecule has 1 aliphatic heterocycles. The van der Waals surface area contributed by atoms with Crippen molar-refractivity contribution in [2.75, 3.05) is 7.11 Å². The second kappa shape index (κ2) is 8.12. The maximum atomic E-state index is 13.6. The molecule has 3 aromatic rings. The Bertz CT molecular complexity index is 1220. The normalized spacial score (nSPS) is 18.2. The first-order valence-corrected chi connectivity index (χ1v) is 9.41. The number of hydrogen-bond acceptors (Lipinski definition) is 5. The maximum absolute atomic E-state index is 13.6. The summed E-state index contributed by atoms with van der Waals surface area (Å²) in [4.78, 5) is 17.8. The van der Waals surface area contributed by atoms with Gasteiger partial charge in [-0.1, -0.05) is 30.3 Å². The minimum Gasteiger partial charge on any atom is -0.497 e. The van der Waals surface area contributed by atoms with Crippen LogP contribution in [-0.4, -0.2) is 46.7 Å². The molecule has 32 heavy (non-hydrogen) atoms. The van der Waals surface area contributed by atoms with E-state index >= 15 is 0 Å². The third-order valence-electron chi connectivity index (χ3n) is 5.04. The van der Waals surface area contributed by atoms with Crippen molar-refractivity contribution in [3.8, 4) is 17.0 Å². The van der Waals surface area contributed by atoms with Crippen molar-refractivity contribution in [2.24, 2.45) is 0 Å². The van der Waals surface area contributed by atoms with E-state index in [1.54, 1.807) is 48.5 Å². The van der Waals surface area contributed by atoms with Gasteiger partial charge in [-0.2, -0.15) is 0 Å². The summed E-state index contributed by atoms with van der Waals surface area (Å²) in [5.41, 5.74) is -1.14. The van der Waals surface area contributed by atoms with Gasteiger partial charge in [0.05, 0.1) is 29.6 Å². The molecule has 1 aliphatic rings. The van der Waals surface area contributed by atoms with Gasteiger partial charge < -0.3 is 9.84 Å². The highest BCUT2D eigenvalue weighted by Gasteiger charge is 2.51. The molecule has 1 aromatic heterocycles. The van der Waals surface area contributed by atoms with Crippen LogP contribution >= 0.6 is 0 Å². The van der Waals surface area contributed by atoms with E-state index in [1.807, 2.05) is 5.43 Å². The van der Waals surface area contributed by atoms with Crippen molar-refractivity contribution in [3.63, 3.8) is 0 Å². The zero-order chi connectivity index (χ0) is 23.0. The van der Waals surface area contributed by atoms with Crippen LogP contribution in [0.5, 0.6) is 5.75 Å². The Kier molecular flexibility index (Phi) is 5.47. The molecule has 0 radical (unpaired) electrons. The molecule has 0 saturated heterocycles. The van der Waals surface area contributed by atoms with Crippen LogP contribution in [0.4, 0.5) is 17.6 Å². The lowest BCUT2D eigenvalue weighted by molar-refractivity contribution is -0.146. The number of fused-ring (bicyclic) bond motifs is 1. The molecule has 0 aliphatic carbocycles. The number of halogens is 4. The van der Waals surface area contributed by atoms with Gasteiger partial charge >= 0.3 is 0 Å². The monoisotopic (exact) mass is 447 g/mol. The average molecular weight is 447 g/mol. The second-order valence-electron chi connectivity index (χ2n) is 7.04. The van der Waals surface area contributed by atoms with E-state index in [2.05, 4.69) is 4.98 Å². The van der Waals surface area contributed by atoms with E-state index in [0.29, 0.717) is 27.9 Å². The van der Waals surface area contributed by atoms with Crippen molar-refractivity contribution in [1.82, 2.24) is 15.4 Å². The second-order valence-corrected chi connectivity index (χ2v) is 7.04. The summed E-state index contributed by atoms with van der Waals surface area (Å²) in [6.07, 6.45) is -6.48. The number of nitrogens with zero attached hydrogens (tertiary/aromatic N) is 2. The number of ether oxygens (including phenoxy) is 1. The highest BCUT2D eigenvalue weighted by molar-refractivity contribution is 6.07. The van der Waals surface area contributed by atoms with Gasteiger partial charge in [0.15, 0.2) is 0 Å². The smallest absolute Gasteiger partial charge is 0.291 e. The molecule has 6 nitrogen and oxygen atoms in total. The molecule has 2 aromatic carbocycles. The van der Waals surface area contributed by atoms with E-state index in [0.717, 1.165) is 0 Å². The number of allylic oxidation sites excluding steroid dienone is 1. The topological polar surface area (TPSA) is 74.7 Å². The Labute approximate surface area is 179 Å². The fourth-order valence-electron chi connectivity index (χ4n) is 3.43. The molecule has 1 atom stereocenters.